The number of rotatable bonds is 4. The summed E-state index contributed by atoms with van der Waals surface area (Å²) in [5.41, 5.74) is 1.85. The Bertz CT molecular complexity index is 858. The third kappa shape index (κ3) is 3.17. The van der Waals surface area contributed by atoms with E-state index in [1.807, 2.05) is 36.4 Å². The number of anilines is 1. The summed E-state index contributed by atoms with van der Waals surface area (Å²) in [7, 11) is 1.55. The molecular weight excluding hydrogens is 290 g/mol. The van der Waals surface area contributed by atoms with Crippen molar-refractivity contribution in [1.29, 1.82) is 0 Å². The summed E-state index contributed by atoms with van der Waals surface area (Å²) in [4.78, 5) is 12.6. The SMILES string of the molecule is COc1cc2ccccc2cc1C(=O)Nc1cccc(CO)c1. The summed E-state index contributed by atoms with van der Waals surface area (Å²) in [6.45, 7) is -0.0665. The zero-order chi connectivity index (χ0) is 16.2. The molecule has 4 nitrogen and oxygen atoms in total. The first-order valence-electron chi connectivity index (χ1n) is 7.29. The number of hydrogen-bond donors (Lipinski definition) is 2. The first kappa shape index (κ1) is 15.1. The van der Waals surface area contributed by atoms with Crippen LogP contribution in [0.15, 0.2) is 60.7 Å². The molecule has 0 saturated heterocycles. The van der Waals surface area contributed by atoms with Gasteiger partial charge in [-0.1, -0.05) is 36.4 Å². The molecule has 0 unspecified atom stereocenters. The van der Waals surface area contributed by atoms with Crippen molar-refractivity contribution >= 4 is 22.4 Å². The summed E-state index contributed by atoms with van der Waals surface area (Å²) < 4.78 is 5.36. The zero-order valence-corrected chi connectivity index (χ0v) is 12.7. The van der Waals surface area contributed by atoms with E-state index >= 15 is 0 Å². The van der Waals surface area contributed by atoms with E-state index in [-0.39, 0.29) is 12.5 Å². The van der Waals surface area contributed by atoms with Crippen LogP contribution in [0.2, 0.25) is 0 Å². The van der Waals surface area contributed by atoms with Crippen LogP contribution in [0.5, 0.6) is 5.75 Å². The lowest BCUT2D eigenvalue weighted by atomic mass is 10.1. The van der Waals surface area contributed by atoms with E-state index in [1.165, 1.54) is 0 Å². The second-order valence-corrected chi connectivity index (χ2v) is 5.21. The maximum absolute atomic E-state index is 12.6. The molecule has 0 aliphatic heterocycles. The van der Waals surface area contributed by atoms with Gasteiger partial charge >= 0.3 is 0 Å². The predicted molar refractivity (Wildman–Crippen MR) is 90.8 cm³/mol. The fourth-order valence-electron chi connectivity index (χ4n) is 2.51. The van der Waals surface area contributed by atoms with Gasteiger partial charge in [0.2, 0.25) is 0 Å². The van der Waals surface area contributed by atoms with Gasteiger partial charge in [-0.25, -0.2) is 0 Å². The van der Waals surface area contributed by atoms with Crippen molar-refractivity contribution < 1.29 is 14.6 Å². The van der Waals surface area contributed by atoms with Crippen LogP contribution in [0.3, 0.4) is 0 Å². The summed E-state index contributed by atoms with van der Waals surface area (Å²) in [6, 6.07) is 18.6. The number of benzene rings is 3. The highest BCUT2D eigenvalue weighted by molar-refractivity contribution is 6.08. The molecule has 0 bridgehead atoms. The highest BCUT2D eigenvalue weighted by atomic mass is 16.5. The molecule has 23 heavy (non-hydrogen) atoms. The van der Waals surface area contributed by atoms with Crippen molar-refractivity contribution in [2.24, 2.45) is 0 Å². The van der Waals surface area contributed by atoms with E-state index < -0.39 is 0 Å². The highest BCUT2D eigenvalue weighted by Crippen LogP contribution is 2.26. The molecule has 0 radical (unpaired) electrons. The van der Waals surface area contributed by atoms with E-state index in [0.29, 0.717) is 17.0 Å². The largest absolute Gasteiger partial charge is 0.496 e. The number of aliphatic hydroxyl groups is 1. The number of carbonyl (C=O) groups is 1. The van der Waals surface area contributed by atoms with Gasteiger partial charge in [0.05, 0.1) is 19.3 Å². The zero-order valence-electron chi connectivity index (χ0n) is 12.7. The molecule has 0 saturated carbocycles. The van der Waals surface area contributed by atoms with E-state index in [2.05, 4.69) is 5.32 Å². The molecule has 0 aromatic heterocycles. The molecule has 3 aromatic carbocycles. The fourth-order valence-corrected chi connectivity index (χ4v) is 2.51. The lowest BCUT2D eigenvalue weighted by molar-refractivity contribution is 0.102. The van der Waals surface area contributed by atoms with Crippen molar-refractivity contribution in [3.05, 3.63) is 71.8 Å². The molecule has 3 aromatic rings. The van der Waals surface area contributed by atoms with Crippen molar-refractivity contribution in [3.63, 3.8) is 0 Å². The van der Waals surface area contributed by atoms with Crippen LogP contribution in [-0.2, 0) is 6.61 Å². The average Bonchev–Trinajstić information content (AvgIpc) is 2.60. The molecule has 0 aliphatic carbocycles. The highest BCUT2D eigenvalue weighted by Gasteiger charge is 2.14. The first-order valence-corrected chi connectivity index (χ1v) is 7.29. The third-order valence-corrected chi connectivity index (χ3v) is 3.68. The average molecular weight is 307 g/mol. The lowest BCUT2D eigenvalue weighted by Gasteiger charge is -2.11. The minimum atomic E-state index is -0.248. The molecule has 116 valence electrons. The van der Waals surface area contributed by atoms with Gasteiger partial charge in [-0.05, 0) is 40.6 Å². The summed E-state index contributed by atoms with van der Waals surface area (Å²) in [6.07, 6.45) is 0. The smallest absolute Gasteiger partial charge is 0.259 e. The number of methoxy groups -OCH3 is 1. The molecule has 0 aliphatic rings. The molecule has 1 amide bonds. The van der Waals surface area contributed by atoms with Gasteiger partial charge in [-0.3, -0.25) is 4.79 Å². The van der Waals surface area contributed by atoms with Gasteiger partial charge in [0.25, 0.3) is 5.91 Å². The van der Waals surface area contributed by atoms with Crippen molar-refractivity contribution in [3.8, 4) is 5.75 Å². The second-order valence-electron chi connectivity index (χ2n) is 5.21. The number of hydrogen-bond acceptors (Lipinski definition) is 3. The van der Waals surface area contributed by atoms with E-state index in [1.54, 1.807) is 31.4 Å². The maximum Gasteiger partial charge on any atom is 0.259 e. The summed E-state index contributed by atoms with van der Waals surface area (Å²) in [5, 5.41) is 14.0. The van der Waals surface area contributed by atoms with Crippen LogP contribution in [0.1, 0.15) is 15.9 Å². The molecule has 4 heteroatoms. The topological polar surface area (TPSA) is 58.6 Å². The van der Waals surface area contributed by atoms with Crippen molar-refractivity contribution in [1.82, 2.24) is 0 Å². The Kier molecular flexibility index (Phi) is 4.26. The Labute approximate surface area is 134 Å². The van der Waals surface area contributed by atoms with Crippen LogP contribution in [0.25, 0.3) is 10.8 Å². The Balaban J connectivity index is 1.96. The van der Waals surface area contributed by atoms with Gasteiger partial charge in [-0.15, -0.1) is 0 Å². The molecule has 0 spiro atoms. The quantitative estimate of drug-likeness (QED) is 0.774. The standard InChI is InChI=1S/C19H17NO3/c1-23-18-11-15-7-3-2-6-14(15)10-17(18)19(22)20-16-8-4-5-13(9-16)12-21/h2-11,21H,12H2,1H3,(H,20,22). The third-order valence-electron chi connectivity index (χ3n) is 3.68. The van der Waals surface area contributed by atoms with Crippen LogP contribution in [0.4, 0.5) is 5.69 Å². The Morgan fingerprint density at radius 2 is 1.78 bits per heavy atom. The van der Waals surface area contributed by atoms with Crippen LogP contribution < -0.4 is 10.1 Å². The minimum absolute atomic E-state index is 0.0665. The maximum atomic E-state index is 12.6. The number of amides is 1. The Morgan fingerprint density at radius 1 is 1.04 bits per heavy atom. The van der Waals surface area contributed by atoms with E-state index in [0.717, 1.165) is 16.3 Å². The monoisotopic (exact) mass is 307 g/mol. The number of aliphatic hydroxyl groups excluding tert-OH is 1. The number of nitrogens with one attached hydrogen (secondary N) is 1. The number of fused-ring (bicyclic) bond motifs is 1. The van der Waals surface area contributed by atoms with Gasteiger partial charge < -0.3 is 15.2 Å². The van der Waals surface area contributed by atoms with E-state index in [4.69, 9.17) is 4.74 Å². The molecule has 2 N–H and O–H groups in total. The number of ether oxygens (including phenoxy) is 1. The normalized spacial score (nSPS) is 10.5. The molecule has 0 heterocycles. The fraction of sp³-hybridized carbons (Fsp3) is 0.105. The van der Waals surface area contributed by atoms with Crippen LogP contribution >= 0.6 is 0 Å². The van der Waals surface area contributed by atoms with Gasteiger partial charge in [0.15, 0.2) is 0 Å². The van der Waals surface area contributed by atoms with Gasteiger partial charge in [0.1, 0.15) is 5.75 Å². The summed E-state index contributed by atoms with van der Waals surface area (Å²) in [5.74, 6) is 0.280. The van der Waals surface area contributed by atoms with Gasteiger partial charge in [-0.2, -0.15) is 0 Å². The van der Waals surface area contributed by atoms with Gasteiger partial charge in [0, 0.05) is 5.69 Å². The Hall–Kier alpha value is -2.85. The molecule has 3 rings (SSSR count). The minimum Gasteiger partial charge on any atom is -0.496 e. The second kappa shape index (κ2) is 6.50. The van der Waals surface area contributed by atoms with Crippen LogP contribution in [-0.4, -0.2) is 18.1 Å². The molecule has 0 atom stereocenters. The number of carbonyl (C=O) groups excluding carboxylic acids is 1. The van der Waals surface area contributed by atoms with Crippen molar-refractivity contribution in [2.45, 2.75) is 6.61 Å². The molecular formula is C19H17NO3. The predicted octanol–water partition coefficient (Wildman–Crippen LogP) is 3.59. The van der Waals surface area contributed by atoms with Crippen molar-refractivity contribution in [2.75, 3.05) is 12.4 Å². The van der Waals surface area contributed by atoms with E-state index in [9.17, 15) is 9.90 Å². The van der Waals surface area contributed by atoms with Crippen LogP contribution in [0, 0.1) is 0 Å². The Morgan fingerprint density at radius 3 is 2.48 bits per heavy atom. The molecule has 0 fully saturated rings. The first-order chi connectivity index (χ1) is 11.2. The lowest BCUT2D eigenvalue weighted by Crippen LogP contribution is -2.13. The summed E-state index contributed by atoms with van der Waals surface area (Å²) >= 11 is 0.